The molecule has 2 aromatic heterocycles. The number of nitrogen functional groups attached to an aromatic ring is 1. The molecule has 0 aromatic carbocycles. The van der Waals surface area contributed by atoms with E-state index in [0.29, 0.717) is 25.3 Å². The number of unbranched alkanes of at least 4 members (excludes halogenated alkanes) is 13. The highest BCUT2D eigenvalue weighted by Crippen LogP contribution is 2.44. The van der Waals surface area contributed by atoms with Crippen molar-refractivity contribution in [2.45, 2.75) is 128 Å². The summed E-state index contributed by atoms with van der Waals surface area (Å²) >= 11 is 0. The summed E-state index contributed by atoms with van der Waals surface area (Å²) < 4.78 is 36.0. The first-order valence-electron chi connectivity index (χ1n) is 15.9. The van der Waals surface area contributed by atoms with Gasteiger partial charge < -0.3 is 20.1 Å². The van der Waals surface area contributed by atoms with Gasteiger partial charge in [-0.05, 0) is 37.8 Å². The molecule has 11 heteroatoms. The minimum absolute atomic E-state index is 0.0136. The Morgan fingerprint density at radius 3 is 2.22 bits per heavy atom. The summed E-state index contributed by atoms with van der Waals surface area (Å²) in [5.74, 6) is 0.405. The smallest absolute Gasteiger partial charge is 0.382 e. The summed E-state index contributed by atoms with van der Waals surface area (Å²) in [6, 6.07) is 3.77. The largest absolute Gasteiger partial charge is 0.472 e. The van der Waals surface area contributed by atoms with Gasteiger partial charge in [0.25, 0.3) is 0 Å². The van der Waals surface area contributed by atoms with Crippen molar-refractivity contribution in [3.63, 3.8) is 0 Å². The molecule has 0 bridgehead atoms. The normalized spacial score (nSPS) is 18.8. The van der Waals surface area contributed by atoms with Crippen molar-refractivity contribution in [2.24, 2.45) is 0 Å². The summed E-state index contributed by atoms with van der Waals surface area (Å²) in [6.45, 7) is 3.59. The second kappa shape index (κ2) is 19.6. The van der Waals surface area contributed by atoms with Crippen LogP contribution in [0.2, 0.25) is 0 Å². The number of ether oxygens (including phenoxy) is 2. The van der Waals surface area contributed by atoms with Gasteiger partial charge in [0, 0.05) is 13.2 Å². The highest BCUT2D eigenvalue weighted by Gasteiger charge is 2.31. The summed E-state index contributed by atoms with van der Waals surface area (Å²) in [4.78, 5) is 14.0. The highest BCUT2D eigenvalue weighted by atomic mass is 31.2. The lowest BCUT2D eigenvalue weighted by Gasteiger charge is -2.16. The Labute approximate surface area is 246 Å². The van der Waals surface area contributed by atoms with Crippen molar-refractivity contribution in [1.82, 2.24) is 14.6 Å². The molecular formula is C30H53N4O6P. The van der Waals surface area contributed by atoms with Gasteiger partial charge in [0.05, 0.1) is 25.0 Å². The lowest BCUT2D eigenvalue weighted by atomic mass is 10.0. The van der Waals surface area contributed by atoms with Crippen LogP contribution in [0.3, 0.4) is 0 Å². The first-order chi connectivity index (χ1) is 20.0. The third-order valence-electron chi connectivity index (χ3n) is 7.70. The Morgan fingerprint density at radius 1 is 0.902 bits per heavy atom. The van der Waals surface area contributed by atoms with E-state index in [9.17, 15) is 9.46 Å². The van der Waals surface area contributed by atoms with Crippen molar-refractivity contribution in [2.75, 3.05) is 32.2 Å². The van der Waals surface area contributed by atoms with Gasteiger partial charge in [0.1, 0.15) is 17.9 Å². The molecular weight excluding hydrogens is 543 g/mol. The van der Waals surface area contributed by atoms with Crippen LogP contribution in [0.5, 0.6) is 0 Å². The number of hydrogen-bond donors (Lipinski definition) is 2. The van der Waals surface area contributed by atoms with Gasteiger partial charge in [-0.2, -0.15) is 5.10 Å². The standard InChI is InChI=1S/C30H53N4O6P/c1-2-3-4-5-6-7-8-9-10-11-12-13-14-15-21-37-22-16-23-38-41(35,36)39-24-26-17-20-29(40-26)27-18-19-28-30(31)32-25-33-34(27)28/h18-19,25-26,29H,2-17,20-24H2,1H3,(H,35,36)(H2,31,32,33). The topological polar surface area (TPSA) is 130 Å². The van der Waals surface area contributed by atoms with Gasteiger partial charge >= 0.3 is 7.82 Å². The molecule has 10 nitrogen and oxygen atoms in total. The lowest BCUT2D eigenvalue weighted by molar-refractivity contribution is 0.00431. The van der Waals surface area contributed by atoms with E-state index >= 15 is 0 Å². The monoisotopic (exact) mass is 596 g/mol. The van der Waals surface area contributed by atoms with Gasteiger partial charge in [-0.3, -0.25) is 9.05 Å². The average molecular weight is 597 g/mol. The van der Waals surface area contributed by atoms with Crippen LogP contribution in [0, 0.1) is 0 Å². The Hall–Kier alpha value is -1.55. The summed E-state index contributed by atoms with van der Waals surface area (Å²) in [7, 11) is -4.14. The second-order valence-corrected chi connectivity index (χ2v) is 12.6. The van der Waals surface area contributed by atoms with Crippen molar-refractivity contribution in [3.05, 3.63) is 24.2 Å². The van der Waals surface area contributed by atoms with E-state index in [4.69, 9.17) is 24.3 Å². The van der Waals surface area contributed by atoms with Crippen LogP contribution in [-0.2, 0) is 23.1 Å². The number of fused-ring (bicyclic) bond motifs is 1. The van der Waals surface area contributed by atoms with E-state index in [1.54, 1.807) is 4.52 Å². The Kier molecular flexibility index (Phi) is 16.2. The van der Waals surface area contributed by atoms with Gasteiger partial charge in [0.15, 0.2) is 5.82 Å². The van der Waals surface area contributed by atoms with E-state index in [1.807, 2.05) is 12.1 Å². The minimum atomic E-state index is -4.14. The molecule has 1 aliphatic heterocycles. The molecule has 3 rings (SSSR count). The number of phosphoric acid groups is 1. The maximum atomic E-state index is 12.3. The van der Waals surface area contributed by atoms with E-state index in [0.717, 1.165) is 30.7 Å². The van der Waals surface area contributed by atoms with Crippen LogP contribution >= 0.6 is 7.82 Å². The van der Waals surface area contributed by atoms with E-state index in [-0.39, 0.29) is 25.4 Å². The molecule has 234 valence electrons. The van der Waals surface area contributed by atoms with Gasteiger partial charge in [0.2, 0.25) is 0 Å². The van der Waals surface area contributed by atoms with Crippen molar-refractivity contribution in [1.29, 1.82) is 0 Å². The predicted molar refractivity (Wildman–Crippen MR) is 162 cm³/mol. The molecule has 3 atom stereocenters. The SMILES string of the molecule is CCCCCCCCCCCCCCCCOCCCOP(=O)(O)OCC1CCC(c2ccc3c(N)ncnn23)O1. The molecule has 3 heterocycles. The molecule has 2 aromatic rings. The number of hydrogen-bond acceptors (Lipinski definition) is 8. The number of nitrogens with zero attached hydrogens (tertiary/aromatic N) is 3. The number of nitrogens with two attached hydrogens (primary N) is 1. The van der Waals surface area contributed by atoms with Crippen LogP contribution in [0.15, 0.2) is 18.5 Å². The molecule has 1 saturated heterocycles. The molecule has 0 radical (unpaired) electrons. The molecule has 3 N–H and O–H groups in total. The maximum Gasteiger partial charge on any atom is 0.472 e. The molecule has 1 aliphatic rings. The zero-order chi connectivity index (χ0) is 29.2. The number of rotatable bonds is 24. The molecule has 41 heavy (non-hydrogen) atoms. The van der Waals surface area contributed by atoms with Crippen LogP contribution in [0.25, 0.3) is 5.52 Å². The first-order valence-corrected chi connectivity index (χ1v) is 17.4. The predicted octanol–water partition coefficient (Wildman–Crippen LogP) is 7.55. The quantitative estimate of drug-likeness (QED) is 0.0931. The number of aromatic nitrogens is 3. The molecule has 0 spiro atoms. The number of phosphoric ester groups is 1. The fraction of sp³-hybridized carbons (Fsp3) is 0.800. The summed E-state index contributed by atoms with van der Waals surface area (Å²) in [5.41, 5.74) is 7.50. The minimum Gasteiger partial charge on any atom is -0.382 e. The maximum absolute atomic E-state index is 12.3. The first kappa shape index (κ1) is 33.9. The Balaban J connectivity index is 1.11. The molecule has 1 fully saturated rings. The molecule has 0 amide bonds. The fourth-order valence-corrected chi connectivity index (χ4v) is 6.11. The van der Waals surface area contributed by atoms with Gasteiger partial charge in [-0.1, -0.05) is 90.4 Å². The van der Waals surface area contributed by atoms with Crippen molar-refractivity contribution < 1.29 is 28.0 Å². The van der Waals surface area contributed by atoms with Crippen LogP contribution < -0.4 is 5.73 Å². The second-order valence-electron chi connectivity index (χ2n) is 11.2. The molecule has 0 saturated carbocycles. The zero-order valence-electron chi connectivity index (χ0n) is 25.1. The summed E-state index contributed by atoms with van der Waals surface area (Å²) in [6.07, 6.45) is 21.6. The van der Waals surface area contributed by atoms with Crippen LogP contribution in [0.4, 0.5) is 5.82 Å². The zero-order valence-corrected chi connectivity index (χ0v) is 26.0. The summed E-state index contributed by atoms with van der Waals surface area (Å²) in [5, 5.41) is 4.25. The van der Waals surface area contributed by atoms with Crippen molar-refractivity contribution >= 4 is 19.2 Å². The molecule has 3 unspecified atom stereocenters. The average Bonchev–Trinajstić information content (AvgIpc) is 3.61. The Bertz CT molecular complexity index is 1020. The van der Waals surface area contributed by atoms with Crippen LogP contribution in [-0.4, -0.2) is 52.0 Å². The van der Waals surface area contributed by atoms with Gasteiger partial charge in [-0.15, -0.1) is 0 Å². The lowest BCUT2D eigenvalue weighted by Crippen LogP contribution is -2.15. The van der Waals surface area contributed by atoms with E-state index in [2.05, 4.69) is 17.0 Å². The third-order valence-corrected chi connectivity index (χ3v) is 8.69. The van der Waals surface area contributed by atoms with E-state index < -0.39 is 7.82 Å². The third kappa shape index (κ3) is 13.1. The van der Waals surface area contributed by atoms with E-state index in [1.165, 1.54) is 89.8 Å². The number of anilines is 1. The Morgan fingerprint density at radius 2 is 1.54 bits per heavy atom. The van der Waals surface area contributed by atoms with Crippen molar-refractivity contribution in [3.8, 4) is 0 Å². The fourth-order valence-electron chi connectivity index (χ4n) is 5.32. The molecule has 0 aliphatic carbocycles. The van der Waals surface area contributed by atoms with Crippen LogP contribution in [0.1, 0.15) is 128 Å². The highest BCUT2D eigenvalue weighted by molar-refractivity contribution is 7.47. The van der Waals surface area contributed by atoms with Gasteiger partial charge in [-0.25, -0.2) is 14.1 Å².